The van der Waals surface area contributed by atoms with E-state index < -0.39 is 0 Å². The van der Waals surface area contributed by atoms with Gasteiger partial charge < -0.3 is 5.32 Å². The number of nitrogens with zero attached hydrogens (tertiary/aromatic N) is 1. The first-order valence-corrected chi connectivity index (χ1v) is 6.19. The largest absolute Gasteiger partial charge is 0.320 e. The Morgan fingerprint density at radius 1 is 1.29 bits per heavy atom. The third-order valence-electron chi connectivity index (χ3n) is 3.47. The van der Waals surface area contributed by atoms with Gasteiger partial charge in [0, 0.05) is 17.6 Å². The molecule has 1 aromatic carbocycles. The van der Waals surface area contributed by atoms with Crippen molar-refractivity contribution in [3.05, 3.63) is 35.6 Å². The molecule has 0 saturated carbocycles. The summed E-state index contributed by atoms with van der Waals surface area (Å²) in [5.41, 5.74) is 0.770. The molecule has 0 radical (unpaired) electrons. The Morgan fingerprint density at radius 2 is 1.94 bits per heavy atom. The lowest BCUT2D eigenvalue weighted by Crippen LogP contribution is -2.34. The van der Waals surface area contributed by atoms with Crippen LogP contribution in [0.5, 0.6) is 0 Å². The molecule has 0 aliphatic carbocycles. The van der Waals surface area contributed by atoms with Gasteiger partial charge in [-0.3, -0.25) is 4.90 Å². The number of halogens is 1. The average Bonchev–Trinajstić information content (AvgIpc) is 2.34. The van der Waals surface area contributed by atoms with E-state index in [2.05, 4.69) is 24.2 Å². The van der Waals surface area contributed by atoms with Gasteiger partial charge in [-0.15, -0.1) is 0 Å². The first-order chi connectivity index (χ1) is 8.07. The molecule has 0 amide bonds. The van der Waals surface area contributed by atoms with Crippen molar-refractivity contribution in [1.29, 1.82) is 0 Å². The molecule has 0 aliphatic rings. The fraction of sp³-hybridized carbons (Fsp3) is 0.571. The van der Waals surface area contributed by atoms with Crippen molar-refractivity contribution in [2.75, 3.05) is 20.6 Å². The van der Waals surface area contributed by atoms with E-state index in [-0.39, 0.29) is 11.9 Å². The molecule has 1 N–H and O–H groups in total. The molecule has 0 saturated heterocycles. The molecule has 96 valence electrons. The monoisotopic (exact) mass is 238 g/mol. The third kappa shape index (κ3) is 3.79. The van der Waals surface area contributed by atoms with Gasteiger partial charge in [0.15, 0.2) is 0 Å². The highest BCUT2D eigenvalue weighted by atomic mass is 19.1. The van der Waals surface area contributed by atoms with Gasteiger partial charge in [0.1, 0.15) is 5.82 Å². The summed E-state index contributed by atoms with van der Waals surface area (Å²) < 4.78 is 13.7. The van der Waals surface area contributed by atoms with Crippen LogP contribution >= 0.6 is 0 Å². The summed E-state index contributed by atoms with van der Waals surface area (Å²) in [5.74, 6) is -0.118. The van der Waals surface area contributed by atoms with Gasteiger partial charge in [-0.1, -0.05) is 18.2 Å². The summed E-state index contributed by atoms with van der Waals surface area (Å²) >= 11 is 0. The topological polar surface area (TPSA) is 15.3 Å². The fourth-order valence-corrected chi connectivity index (χ4v) is 1.97. The molecular weight excluding hydrogens is 215 g/mol. The zero-order valence-corrected chi connectivity index (χ0v) is 11.2. The highest BCUT2D eigenvalue weighted by molar-refractivity contribution is 5.20. The maximum absolute atomic E-state index is 13.7. The van der Waals surface area contributed by atoms with E-state index in [0.29, 0.717) is 6.04 Å². The molecule has 0 spiro atoms. The maximum atomic E-state index is 13.7. The fourth-order valence-electron chi connectivity index (χ4n) is 1.97. The Morgan fingerprint density at radius 3 is 2.53 bits per heavy atom. The zero-order chi connectivity index (χ0) is 12.8. The average molecular weight is 238 g/mol. The van der Waals surface area contributed by atoms with E-state index in [1.54, 1.807) is 6.07 Å². The minimum Gasteiger partial charge on any atom is -0.320 e. The Balaban J connectivity index is 2.69. The minimum atomic E-state index is -0.118. The molecule has 3 heteroatoms. The normalized spacial score (nSPS) is 14.9. The third-order valence-corrected chi connectivity index (χ3v) is 3.47. The molecule has 2 unspecified atom stereocenters. The van der Waals surface area contributed by atoms with E-state index in [1.807, 2.05) is 26.1 Å². The standard InChI is InChI=1S/C14H23FN2/c1-11(9-10-16-3)17(4)12(2)13-7-5-6-8-14(13)15/h5-8,11-12,16H,9-10H2,1-4H3. The lowest BCUT2D eigenvalue weighted by molar-refractivity contribution is 0.185. The quantitative estimate of drug-likeness (QED) is 0.820. The van der Waals surface area contributed by atoms with Gasteiger partial charge in [-0.25, -0.2) is 4.39 Å². The van der Waals surface area contributed by atoms with Crippen LogP contribution in [0, 0.1) is 5.82 Å². The molecule has 0 aliphatic heterocycles. The first kappa shape index (κ1) is 14.1. The van der Waals surface area contributed by atoms with E-state index in [1.165, 1.54) is 6.07 Å². The van der Waals surface area contributed by atoms with Crippen LogP contribution in [0.15, 0.2) is 24.3 Å². The van der Waals surface area contributed by atoms with Gasteiger partial charge in [-0.05, 0) is 47.0 Å². The molecule has 0 bridgehead atoms. The van der Waals surface area contributed by atoms with Crippen molar-refractivity contribution in [1.82, 2.24) is 10.2 Å². The molecule has 0 fully saturated rings. The number of nitrogens with one attached hydrogen (secondary N) is 1. The molecule has 0 heterocycles. The minimum absolute atomic E-state index is 0.100. The van der Waals surface area contributed by atoms with Crippen molar-refractivity contribution >= 4 is 0 Å². The molecule has 1 rings (SSSR count). The summed E-state index contributed by atoms with van der Waals surface area (Å²) in [5, 5.41) is 3.14. The summed E-state index contributed by atoms with van der Waals surface area (Å²) in [6.45, 7) is 5.21. The summed E-state index contributed by atoms with van der Waals surface area (Å²) in [4.78, 5) is 2.22. The summed E-state index contributed by atoms with van der Waals surface area (Å²) in [6.07, 6.45) is 1.06. The smallest absolute Gasteiger partial charge is 0.127 e. The Labute approximate surface area is 104 Å². The van der Waals surface area contributed by atoms with Gasteiger partial charge in [-0.2, -0.15) is 0 Å². The number of rotatable bonds is 6. The van der Waals surface area contributed by atoms with Gasteiger partial charge in [0.2, 0.25) is 0 Å². The second-order valence-corrected chi connectivity index (χ2v) is 4.60. The highest BCUT2D eigenvalue weighted by Crippen LogP contribution is 2.23. The van der Waals surface area contributed by atoms with E-state index in [0.717, 1.165) is 18.5 Å². The van der Waals surface area contributed by atoms with E-state index in [4.69, 9.17) is 0 Å². The van der Waals surface area contributed by atoms with Crippen LogP contribution in [0.3, 0.4) is 0 Å². The lowest BCUT2D eigenvalue weighted by atomic mass is 10.0. The molecule has 0 aromatic heterocycles. The highest BCUT2D eigenvalue weighted by Gasteiger charge is 2.19. The Bertz CT molecular complexity index is 341. The summed E-state index contributed by atoms with van der Waals surface area (Å²) in [6, 6.07) is 7.54. The van der Waals surface area contributed by atoms with E-state index in [9.17, 15) is 4.39 Å². The number of benzene rings is 1. The molecular formula is C14H23FN2. The van der Waals surface area contributed by atoms with Crippen molar-refractivity contribution < 1.29 is 4.39 Å². The van der Waals surface area contributed by atoms with Crippen LogP contribution in [0.1, 0.15) is 31.9 Å². The van der Waals surface area contributed by atoms with Crippen molar-refractivity contribution in [3.63, 3.8) is 0 Å². The van der Waals surface area contributed by atoms with Crippen molar-refractivity contribution in [2.45, 2.75) is 32.4 Å². The van der Waals surface area contributed by atoms with Crippen LogP contribution in [-0.4, -0.2) is 31.6 Å². The molecule has 2 atom stereocenters. The molecule has 1 aromatic rings. The Kier molecular flexibility index (Phi) is 5.59. The van der Waals surface area contributed by atoms with Crippen LogP contribution in [0.4, 0.5) is 4.39 Å². The molecule has 2 nitrogen and oxygen atoms in total. The number of hydrogen-bond acceptors (Lipinski definition) is 2. The van der Waals surface area contributed by atoms with Gasteiger partial charge in [0.05, 0.1) is 0 Å². The SMILES string of the molecule is CNCCC(C)N(C)C(C)c1ccccc1F. The zero-order valence-electron chi connectivity index (χ0n) is 11.2. The second kappa shape index (κ2) is 6.72. The van der Waals surface area contributed by atoms with Gasteiger partial charge >= 0.3 is 0 Å². The van der Waals surface area contributed by atoms with Gasteiger partial charge in [0.25, 0.3) is 0 Å². The second-order valence-electron chi connectivity index (χ2n) is 4.60. The Hall–Kier alpha value is -0.930. The van der Waals surface area contributed by atoms with E-state index >= 15 is 0 Å². The van der Waals surface area contributed by atoms with Crippen LogP contribution in [0.25, 0.3) is 0 Å². The molecule has 17 heavy (non-hydrogen) atoms. The van der Waals surface area contributed by atoms with Crippen molar-refractivity contribution in [2.24, 2.45) is 0 Å². The van der Waals surface area contributed by atoms with Crippen LogP contribution < -0.4 is 5.32 Å². The van der Waals surface area contributed by atoms with Crippen LogP contribution in [0.2, 0.25) is 0 Å². The first-order valence-electron chi connectivity index (χ1n) is 6.19. The predicted molar refractivity (Wildman–Crippen MR) is 70.6 cm³/mol. The van der Waals surface area contributed by atoms with Crippen LogP contribution in [-0.2, 0) is 0 Å². The summed E-state index contributed by atoms with van der Waals surface area (Å²) in [7, 11) is 4.00. The van der Waals surface area contributed by atoms with Crippen molar-refractivity contribution in [3.8, 4) is 0 Å². The number of hydrogen-bond donors (Lipinski definition) is 1. The predicted octanol–water partition coefficient (Wildman–Crippen LogP) is 2.82. The maximum Gasteiger partial charge on any atom is 0.127 e. The lowest BCUT2D eigenvalue weighted by Gasteiger charge is -2.31.